The minimum atomic E-state index is -3.32. The third-order valence-electron chi connectivity index (χ3n) is 3.82. The molecular weight excluding hydrogens is 302 g/mol. The fraction of sp³-hybridized carbons (Fsp3) is 0.533. The van der Waals surface area contributed by atoms with E-state index in [1.807, 2.05) is 18.2 Å². The van der Waals surface area contributed by atoms with Crippen molar-refractivity contribution in [3.05, 3.63) is 35.9 Å². The maximum absolute atomic E-state index is 11.9. The van der Waals surface area contributed by atoms with Crippen LogP contribution >= 0.6 is 0 Å². The molecule has 1 N–H and O–H groups in total. The summed E-state index contributed by atoms with van der Waals surface area (Å²) in [4.78, 5) is 14.2. The number of hydrogen-bond acceptors (Lipinski definition) is 4. The molecule has 1 amide bonds. The highest BCUT2D eigenvalue weighted by Crippen LogP contribution is 2.13. The molecule has 7 heteroatoms. The summed E-state index contributed by atoms with van der Waals surface area (Å²) in [5.41, 5.74) is 1.26. The van der Waals surface area contributed by atoms with Crippen LogP contribution in [0.3, 0.4) is 0 Å². The predicted molar refractivity (Wildman–Crippen MR) is 85.7 cm³/mol. The van der Waals surface area contributed by atoms with Gasteiger partial charge in [0.05, 0.1) is 12.8 Å². The van der Waals surface area contributed by atoms with Gasteiger partial charge in [-0.3, -0.25) is 9.69 Å². The van der Waals surface area contributed by atoms with Crippen molar-refractivity contribution in [3.63, 3.8) is 0 Å². The smallest absolute Gasteiger partial charge is 0.235 e. The average Bonchev–Trinajstić information content (AvgIpc) is 2.85. The van der Waals surface area contributed by atoms with Crippen molar-refractivity contribution in [1.29, 1.82) is 0 Å². The van der Waals surface area contributed by atoms with E-state index < -0.39 is 10.0 Å². The zero-order valence-corrected chi connectivity index (χ0v) is 13.8. The summed E-state index contributed by atoms with van der Waals surface area (Å²) in [6.45, 7) is 2.47. The maximum Gasteiger partial charge on any atom is 0.235 e. The highest BCUT2D eigenvalue weighted by molar-refractivity contribution is 7.88. The summed E-state index contributed by atoms with van der Waals surface area (Å²) in [6.07, 6.45) is 1.98. The van der Waals surface area contributed by atoms with Crippen LogP contribution in [0.25, 0.3) is 0 Å². The number of carbonyl (C=O) groups is 1. The zero-order chi connectivity index (χ0) is 16.2. The molecule has 0 saturated carbocycles. The first kappa shape index (κ1) is 16.9. The van der Waals surface area contributed by atoms with Crippen LogP contribution in [0, 0.1) is 0 Å². The van der Waals surface area contributed by atoms with Crippen molar-refractivity contribution in [3.8, 4) is 0 Å². The van der Waals surface area contributed by atoms with Gasteiger partial charge in [0.15, 0.2) is 0 Å². The number of likely N-dealkylation sites (tertiary alicyclic amines) is 1. The summed E-state index contributed by atoms with van der Waals surface area (Å²) in [6, 6.07) is 10.3. The summed E-state index contributed by atoms with van der Waals surface area (Å²) in [5, 5.41) is 2.91. The molecule has 1 aliphatic rings. The number of amides is 1. The van der Waals surface area contributed by atoms with Gasteiger partial charge in [-0.2, -0.15) is 4.31 Å². The van der Waals surface area contributed by atoms with E-state index in [0.29, 0.717) is 0 Å². The molecule has 0 aromatic heterocycles. The van der Waals surface area contributed by atoms with Crippen molar-refractivity contribution in [2.24, 2.45) is 0 Å². The molecule has 0 spiro atoms. The summed E-state index contributed by atoms with van der Waals surface area (Å²) < 4.78 is 23.6. The number of carbonyl (C=O) groups excluding carboxylic acids is 1. The van der Waals surface area contributed by atoms with E-state index in [1.165, 1.54) is 12.6 Å². The molecule has 1 atom stereocenters. The Balaban J connectivity index is 1.78. The molecule has 1 saturated heterocycles. The number of nitrogens with one attached hydrogen (secondary N) is 1. The fourth-order valence-electron chi connectivity index (χ4n) is 2.53. The van der Waals surface area contributed by atoms with Gasteiger partial charge in [-0.25, -0.2) is 8.42 Å². The van der Waals surface area contributed by atoms with Crippen molar-refractivity contribution < 1.29 is 13.2 Å². The van der Waals surface area contributed by atoms with Gasteiger partial charge < -0.3 is 5.32 Å². The Hall–Kier alpha value is -1.44. The Labute approximate surface area is 132 Å². The van der Waals surface area contributed by atoms with E-state index in [4.69, 9.17) is 0 Å². The fourth-order valence-corrected chi connectivity index (χ4v) is 2.88. The lowest BCUT2D eigenvalue weighted by molar-refractivity contribution is -0.121. The SMILES string of the molecule is CN(CC(=O)N[C@@H]1CCN(Cc2ccccc2)C1)S(C)(=O)=O. The second-order valence-electron chi connectivity index (χ2n) is 5.79. The monoisotopic (exact) mass is 325 g/mol. The normalized spacial score (nSPS) is 19.5. The molecule has 2 rings (SSSR count). The number of nitrogens with zero attached hydrogens (tertiary/aromatic N) is 2. The van der Waals surface area contributed by atoms with Crippen LogP contribution in [-0.2, 0) is 21.4 Å². The molecule has 1 aromatic carbocycles. The molecule has 122 valence electrons. The topological polar surface area (TPSA) is 69.7 Å². The highest BCUT2D eigenvalue weighted by Gasteiger charge is 2.25. The average molecular weight is 325 g/mol. The predicted octanol–water partition coefficient (Wildman–Crippen LogP) is 0.269. The van der Waals surface area contributed by atoms with Gasteiger partial charge in [0.25, 0.3) is 0 Å². The number of likely N-dealkylation sites (N-methyl/N-ethyl adjacent to an activating group) is 1. The van der Waals surface area contributed by atoms with E-state index in [2.05, 4.69) is 22.3 Å². The van der Waals surface area contributed by atoms with E-state index in [-0.39, 0.29) is 18.5 Å². The molecule has 1 fully saturated rings. The van der Waals surface area contributed by atoms with E-state index in [0.717, 1.165) is 36.6 Å². The number of benzene rings is 1. The molecule has 1 heterocycles. The van der Waals surface area contributed by atoms with Crippen molar-refractivity contribution in [2.45, 2.75) is 19.0 Å². The lowest BCUT2D eigenvalue weighted by Crippen LogP contribution is -2.43. The van der Waals surface area contributed by atoms with Crippen LogP contribution in [0.2, 0.25) is 0 Å². The lowest BCUT2D eigenvalue weighted by Gasteiger charge is -2.18. The van der Waals surface area contributed by atoms with Gasteiger partial charge >= 0.3 is 0 Å². The van der Waals surface area contributed by atoms with Gasteiger partial charge in [-0.1, -0.05) is 30.3 Å². The Morgan fingerprint density at radius 1 is 1.36 bits per heavy atom. The highest BCUT2D eigenvalue weighted by atomic mass is 32.2. The largest absolute Gasteiger partial charge is 0.351 e. The molecule has 1 aromatic rings. The number of sulfonamides is 1. The third-order valence-corrected chi connectivity index (χ3v) is 5.08. The third kappa shape index (κ3) is 5.08. The van der Waals surface area contributed by atoms with Crippen LogP contribution in [0.15, 0.2) is 30.3 Å². The van der Waals surface area contributed by atoms with E-state index >= 15 is 0 Å². The van der Waals surface area contributed by atoms with Crippen LogP contribution in [0.1, 0.15) is 12.0 Å². The summed E-state index contributed by atoms with van der Waals surface area (Å²) in [7, 11) is -1.91. The lowest BCUT2D eigenvalue weighted by atomic mass is 10.2. The molecule has 0 bridgehead atoms. The number of rotatable bonds is 6. The molecule has 0 unspecified atom stereocenters. The minimum Gasteiger partial charge on any atom is -0.351 e. The first-order chi connectivity index (χ1) is 10.3. The second kappa shape index (κ2) is 7.21. The summed E-state index contributed by atoms with van der Waals surface area (Å²) >= 11 is 0. The standard InChI is InChI=1S/C15H23N3O3S/c1-17(22(2,20)21)12-15(19)16-14-8-9-18(11-14)10-13-6-4-3-5-7-13/h3-7,14H,8-12H2,1-2H3,(H,16,19)/t14-/m1/s1. The molecule has 0 aliphatic carbocycles. The first-order valence-electron chi connectivity index (χ1n) is 7.31. The molecule has 0 radical (unpaired) electrons. The minimum absolute atomic E-state index is 0.0872. The maximum atomic E-state index is 11.9. The Morgan fingerprint density at radius 3 is 2.68 bits per heavy atom. The van der Waals surface area contributed by atoms with E-state index in [9.17, 15) is 13.2 Å². The van der Waals surface area contributed by atoms with Crippen LogP contribution in [0.5, 0.6) is 0 Å². The Kier molecular flexibility index (Phi) is 5.55. The molecule has 1 aliphatic heterocycles. The second-order valence-corrected chi connectivity index (χ2v) is 7.88. The van der Waals surface area contributed by atoms with Crippen LogP contribution < -0.4 is 5.32 Å². The Bertz CT molecular complexity index is 604. The first-order valence-corrected chi connectivity index (χ1v) is 9.16. The summed E-state index contributed by atoms with van der Waals surface area (Å²) in [5.74, 6) is -0.250. The van der Waals surface area contributed by atoms with Gasteiger partial charge in [-0.15, -0.1) is 0 Å². The van der Waals surface area contributed by atoms with Crippen molar-refractivity contribution in [2.75, 3.05) is 32.9 Å². The van der Waals surface area contributed by atoms with Crippen LogP contribution in [-0.4, -0.2) is 62.5 Å². The van der Waals surface area contributed by atoms with Crippen molar-refractivity contribution in [1.82, 2.24) is 14.5 Å². The molecule has 22 heavy (non-hydrogen) atoms. The van der Waals surface area contributed by atoms with Gasteiger partial charge in [0, 0.05) is 32.7 Å². The van der Waals surface area contributed by atoms with Gasteiger partial charge in [-0.05, 0) is 12.0 Å². The number of hydrogen-bond donors (Lipinski definition) is 1. The Morgan fingerprint density at radius 2 is 2.05 bits per heavy atom. The molecule has 6 nitrogen and oxygen atoms in total. The quantitative estimate of drug-likeness (QED) is 0.815. The molecular formula is C15H23N3O3S. The van der Waals surface area contributed by atoms with Crippen LogP contribution in [0.4, 0.5) is 0 Å². The zero-order valence-electron chi connectivity index (χ0n) is 13.0. The van der Waals surface area contributed by atoms with Crippen molar-refractivity contribution >= 4 is 15.9 Å². The van der Waals surface area contributed by atoms with Gasteiger partial charge in [0.2, 0.25) is 15.9 Å². The van der Waals surface area contributed by atoms with E-state index in [1.54, 1.807) is 0 Å². The van der Waals surface area contributed by atoms with Gasteiger partial charge in [0.1, 0.15) is 0 Å².